The third-order valence-corrected chi connectivity index (χ3v) is 4.57. The molecule has 4 nitrogen and oxygen atoms in total. The molecule has 1 fully saturated rings. The van der Waals surface area contributed by atoms with Crippen molar-refractivity contribution in [3.8, 4) is 0 Å². The normalized spacial score (nSPS) is 19.0. The molecule has 0 aromatic heterocycles. The fraction of sp³-hybridized carbons (Fsp3) is 0.556. The van der Waals surface area contributed by atoms with Gasteiger partial charge >= 0.3 is 0 Å². The number of likely N-dealkylation sites (tertiary alicyclic amines) is 1. The van der Waals surface area contributed by atoms with Crippen LogP contribution in [0.25, 0.3) is 0 Å². The summed E-state index contributed by atoms with van der Waals surface area (Å²) in [6.45, 7) is 4.87. The molecule has 1 heterocycles. The van der Waals surface area contributed by atoms with Gasteiger partial charge in [-0.15, -0.1) is 0 Å². The van der Waals surface area contributed by atoms with E-state index in [4.69, 9.17) is 0 Å². The molecule has 0 saturated carbocycles. The quantitative estimate of drug-likeness (QED) is 0.838. The molecule has 0 radical (unpaired) electrons. The third-order valence-electron chi connectivity index (χ3n) is 4.57. The monoisotopic (exact) mass is 302 g/mol. The molecule has 0 spiro atoms. The molecule has 22 heavy (non-hydrogen) atoms. The number of carbonyl (C=O) groups is 2. The molecule has 2 rings (SSSR count). The van der Waals surface area contributed by atoms with Crippen LogP contribution in [0, 0.1) is 0 Å². The molecule has 2 atom stereocenters. The number of benzene rings is 1. The summed E-state index contributed by atoms with van der Waals surface area (Å²) in [5, 5.41) is 0. The molecule has 2 unspecified atom stereocenters. The van der Waals surface area contributed by atoms with E-state index in [0.29, 0.717) is 18.9 Å². The highest BCUT2D eigenvalue weighted by atomic mass is 16.2. The van der Waals surface area contributed by atoms with E-state index in [0.717, 1.165) is 24.9 Å². The van der Waals surface area contributed by atoms with E-state index < -0.39 is 0 Å². The lowest BCUT2D eigenvalue weighted by Gasteiger charge is -2.32. The van der Waals surface area contributed by atoms with Crippen LogP contribution in [0.3, 0.4) is 0 Å². The lowest BCUT2D eigenvalue weighted by molar-refractivity contribution is -0.144. The summed E-state index contributed by atoms with van der Waals surface area (Å²) >= 11 is 0. The fourth-order valence-corrected chi connectivity index (χ4v) is 3.14. The van der Waals surface area contributed by atoms with Gasteiger partial charge in [0.25, 0.3) is 0 Å². The van der Waals surface area contributed by atoms with Crippen molar-refractivity contribution in [2.75, 3.05) is 13.6 Å². The molecule has 1 aliphatic rings. The first kappa shape index (κ1) is 16.5. The maximum absolute atomic E-state index is 12.7. The van der Waals surface area contributed by atoms with E-state index in [1.54, 1.807) is 11.9 Å². The Bertz CT molecular complexity index is 515. The maximum atomic E-state index is 12.7. The average Bonchev–Trinajstić information content (AvgIpc) is 2.94. The number of nitrogens with zero attached hydrogens (tertiary/aromatic N) is 2. The summed E-state index contributed by atoms with van der Waals surface area (Å²) < 4.78 is 0. The number of likely N-dealkylation sites (N-methyl/N-ethyl adjacent to an activating group) is 1. The van der Waals surface area contributed by atoms with Crippen molar-refractivity contribution < 1.29 is 9.59 Å². The van der Waals surface area contributed by atoms with Gasteiger partial charge in [0.05, 0.1) is 6.42 Å². The fourth-order valence-electron chi connectivity index (χ4n) is 3.14. The van der Waals surface area contributed by atoms with Crippen molar-refractivity contribution in [2.24, 2.45) is 0 Å². The molecule has 1 aliphatic heterocycles. The summed E-state index contributed by atoms with van der Waals surface area (Å²) in [6.07, 6.45) is 3.12. The van der Waals surface area contributed by atoms with Crippen molar-refractivity contribution in [3.05, 3.63) is 35.9 Å². The SMILES string of the molecule is CCC(C(=O)N1CCCC1C)N(C)C(=O)Cc1ccccc1. The minimum Gasteiger partial charge on any atom is -0.338 e. The van der Waals surface area contributed by atoms with Crippen molar-refractivity contribution >= 4 is 11.8 Å². The van der Waals surface area contributed by atoms with Gasteiger partial charge in [0, 0.05) is 19.6 Å². The predicted molar refractivity (Wildman–Crippen MR) is 87.4 cm³/mol. The maximum Gasteiger partial charge on any atom is 0.245 e. The molecule has 120 valence electrons. The van der Waals surface area contributed by atoms with Crippen molar-refractivity contribution in [2.45, 2.75) is 51.6 Å². The Morgan fingerprint density at radius 3 is 2.55 bits per heavy atom. The zero-order valence-electron chi connectivity index (χ0n) is 13.8. The second-order valence-electron chi connectivity index (χ2n) is 6.11. The lowest BCUT2D eigenvalue weighted by Crippen LogP contribution is -2.50. The van der Waals surface area contributed by atoms with Crippen LogP contribution in [0.4, 0.5) is 0 Å². The van der Waals surface area contributed by atoms with Gasteiger partial charge in [0.2, 0.25) is 11.8 Å². The van der Waals surface area contributed by atoms with E-state index >= 15 is 0 Å². The minimum atomic E-state index is -0.350. The van der Waals surface area contributed by atoms with E-state index in [1.807, 2.05) is 42.2 Å². The van der Waals surface area contributed by atoms with E-state index in [-0.39, 0.29) is 17.9 Å². The second-order valence-corrected chi connectivity index (χ2v) is 6.11. The summed E-state index contributed by atoms with van der Waals surface area (Å²) in [4.78, 5) is 28.7. The molecule has 2 amide bonds. The van der Waals surface area contributed by atoms with Gasteiger partial charge in [-0.3, -0.25) is 9.59 Å². The number of amides is 2. The van der Waals surface area contributed by atoms with Crippen LogP contribution in [0.1, 0.15) is 38.7 Å². The van der Waals surface area contributed by atoms with Crippen molar-refractivity contribution in [3.63, 3.8) is 0 Å². The molecule has 1 aromatic carbocycles. The molecule has 1 aromatic rings. The highest BCUT2D eigenvalue weighted by Gasteiger charge is 2.33. The lowest BCUT2D eigenvalue weighted by atomic mass is 10.1. The van der Waals surface area contributed by atoms with Crippen LogP contribution in [0.15, 0.2) is 30.3 Å². The molecule has 0 N–H and O–H groups in total. The topological polar surface area (TPSA) is 40.6 Å². The number of hydrogen-bond acceptors (Lipinski definition) is 2. The van der Waals surface area contributed by atoms with Crippen LogP contribution >= 0.6 is 0 Å². The third kappa shape index (κ3) is 3.67. The van der Waals surface area contributed by atoms with Gasteiger partial charge in [0.1, 0.15) is 6.04 Å². The second kappa shape index (κ2) is 7.43. The molecular weight excluding hydrogens is 276 g/mol. The Morgan fingerprint density at radius 2 is 2.00 bits per heavy atom. The Kier molecular flexibility index (Phi) is 5.58. The smallest absolute Gasteiger partial charge is 0.245 e. The van der Waals surface area contributed by atoms with E-state index in [1.165, 1.54) is 0 Å². The highest BCUT2D eigenvalue weighted by Crippen LogP contribution is 2.20. The zero-order chi connectivity index (χ0) is 16.1. The number of hydrogen-bond donors (Lipinski definition) is 0. The van der Waals surface area contributed by atoms with Gasteiger partial charge in [-0.05, 0) is 31.7 Å². The number of carbonyl (C=O) groups excluding carboxylic acids is 2. The Morgan fingerprint density at radius 1 is 1.32 bits per heavy atom. The van der Waals surface area contributed by atoms with Crippen LogP contribution in [0.2, 0.25) is 0 Å². The van der Waals surface area contributed by atoms with Crippen molar-refractivity contribution in [1.29, 1.82) is 0 Å². The van der Waals surface area contributed by atoms with Crippen LogP contribution in [-0.4, -0.2) is 47.3 Å². The summed E-state index contributed by atoms with van der Waals surface area (Å²) in [5.74, 6) is 0.0923. The molecule has 0 bridgehead atoms. The first-order chi connectivity index (χ1) is 10.5. The Hall–Kier alpha value is -1.84. The molecule has 1 saturated heterocycles. The van der Waals surface area contributed by atoms with Crippen LogP contribution < -0.4 is 0 Å². The molecule has 0 aliphatic carbocycles. The first-order valence-corrected chi connectivity index (χ1v) is 8.14. The Labute approximate surface area is 133 Å². The molecular formula is C18H26N2O2. The summed E-state index contributed by atoms with van der Waals surface area (Å²) in [5.41, 5.74) is 0.983. The number of rotatable bonds is 5. The highest BCUT2D eigenvalue weighted by molar-refractivity contribution is 5.88. The van der Waals surface area contributed by atoms with Gasteiger partial charge in [0.15, 0.2) is 0 Å². The summed E-state index contributed by atoms with van der Waals surface area (Å²) in [7, 11) is 1.75. The first-order valence-electron chi connectivity index (χ1n) is 8.14. The van der Waals surface area contributed by atoms with Gasteiger partial charge in [-0.1, -0.05) is 37.3 Å². The van der Waals surface area contributed by atoms with Gasteiger partial charge in [-0.25, -0.2) is 0 Å². The predicted octanol–water partition coefficient (Wildman–Crippen LogP) is 2.48. The Balaban J connectivity index is 2.03. The molecule has 4 heteroatoms. The minimum absolute atomic E-state index is 0.00162. The van der Waals surface area contributed by atoms with Gasteiger partial charge < -0.3 is 9.80 Å². The van der Waals surface area contributed by atoms with E-state index in [9.17, 15) is 9.59 Å². The van der Waals surface area contributed by atoms with Crippen LogP contribution in [0.5, 0.6) is 0 Å². The zero-order valence-corrected chi connectivity index (χ0v) is 13.8. The van der Waals surface area contributed by atoms with Gasteiger partial charge in [-0.2, -0.15) is 0 Å². The van der Waals surface area contributed by atoms with Crippen molar-refractivity contribution in [1.82, 2.24) is 9.80 Å². The van der Waals surface area contributed by atoms with E-state index in [2.05, 4.69) is 6.92 Å². The average molecular weight is 302 g/mol. The van der Waals surface area contributed by atoms with Crippen LogP contribution in [-0.2, 0) is 16.0 Å². The largest absolute Gasteiger partial charge is 0.338 e. The standard InChI is InChI=1S/C18H26N2O2/c1-4-16(18(22)20-12-8-9-14(20)2)19(3)17(21)13-15-10-6-5-7-11-15/h5-7,10-11,14,16H,4,8-9,12-13H2,1-3H3. The summed E-state index contributed by atoms with van der Waals surface area (Å²) in [6, 6.07) is 9.61.